The maximum atomic E-state index is 13.0. The molecule has 0 heterocycles. The monoisotopic (exact) mass is 495 g/mol. The molecule has 0 fully saturated rings. The van der Waals surface area contributed by atoms with Crippen molar-refractivity contribution in [2.45, 2.75) is 51.3 Å². The average Bonchev–Trinajstić information content (AvgIpc) is 2.76. The van der Waals surface area contributed by atoms with Gasteiger partial charge in [0.1, 0.15) is 0 Å². The van der Waals surface area contributed by atoms with Crippen LogP contribution in [0.3, 0.4) is 0 Å². The molecule has 0 saturated heterocycles. The van der Waals surface area contributed by atoms with Crippen LogP contribution in [0.25, 0.3) is 0 Å². The van der Waals surface area contributed by atoms with Gasteiger partial charge < -0.3 is 5.32 Å². The maximum Gasteiger partial charge on any atom is 0.255 e. The van der Waals surface area contributed by atoms with Gasteiger partial charge in [-0.1, -0.05) is 39.8 Å². The fraction of sp³-hybridized carbons (Fsp3) is 0.435. The number of rotatable bonds is 10. The van der Waals surface area contributed by atoms with Crippen molar-refractivity contribution < 1.29 is 21.6 Å². The predicted octanol–water partition coefficient (Wildman–Crippen LogP) is 3.62. The van der Waals surface area contributed by atoms with Crippen LogP contribution in [0.15, 0.2) is 46.2 Å². The van der Waals surface area contributed by atoms with Gasteiger partial charge in [0, 0.05) is 37.4 Å². The Bertz CT molecular complexity index is 1220. The molecular weight excluding hydrogens is 462 g/mol. The second kappa shape index (κ2) is 10.8. The lowest BCUT2D eigenvalue weighted by atomic mass is 10.1. The summed E-state index contributed by atoms with van der Waals surface area (Å²) in [7, 11) is -7.44. The third-order valence-electron chi connectivity index (χ3n) is 5.54. The van der Waals surface area contributed by atoms with Gasteiger partial charge in [-0.25, -0.2) is 16.8 Å². The van der Waals surface area contributed by atoms with Crippen molar-refractivity contribution in [1.29, 1.82) is 0 Å². The molecule has 1 N–H and O–H groups in total. The Kier molecular flexibility index (Phi) is 8.81. The molecule has 8 nitrogen and oxygen atoms in total. The minimum Gasteiger partial charge on any atom is -0.322 e. The zero-order valence-corrected chi connectivity index (χ0v) is 21.7. The molecule has 0 aromatic heterocycles. The van der Waals surface area contributed by atoms with Gasteiger partial charge in [-0.15, -0.1) is 0 Å². The van der Waals surface area contributed by atoms with E-state index in [0.29, 0.717) is 43.0 Å². The average molecular weight is 496 g/mol. The summed E-state index contributed by atoms with van der Waals surface area (Å²) in [5.74, 6) is -0.527. The number of nitrogens with zero attached hydrogens (tertiary/aromatic N) is 2. The number of amides is 1. The van der Waals surface area contributed by atoms with E-state index in [1.165, 1.54) is 20.7 Å². The maximum absolute atomic E-state index is 13.0. The van der Waals surface area contributed by atoms with Crippen molar-refractivity contribution in [2.75, 3.05) is 31.5 Å². The fourth-order valence-corrected chi connectivity index (χ4v) is 7.00. The van der Waals surface area contributed by atoms with E-state index in [-0.39, 0.29) is 15.4 Å². The summed E-state index contributed by atoms with van der Waals surface area (Å²) in [5.41, 5.74) is 1.59. The molecule has 2 aromatic carbocycles. The Labute approximate surface area is 197 Å². The van der Waals surface area contributed by atoms with E-state index in [0.717, 1.165) is 0 Å². The number of benzene rings is 2. The lowest BCUT2D eigenvalue weighted by Crippen LogP contribution is -2.31. The van der Waals surface area contributed by atoms with Gasteiger partial charge in [0.15, 0.2) is 0 Å². The van der Waals surface area contributed by atoms with Crippen LogP contribution in [-0.4, -0.2) is 57.5 Å². The minimum absolute atomic E-state index is 0.0764. The van der Waals surface area contributed by atoms with Crippen LogP contribution in [0.1, 0.15) is 49.2 Å². The molecule has 0 saturated carbocycles. The van der Waals surface area contributed by atoms with Crippen molar-refractivity contribution in [3.05, 3.63) is 53.1 Å². The van der Waals surface area contributed by atoms with Gasteiger partial charge in [0.25, 0.3) is 5.91 Å². The summed E-state index contributed by atoms with van der Waals surface area (Å²) < 4.78 is 54.6. The third kappa shape index (κ3) is 5.63. The first-order chi connectivity index (χ1) is 15.4. The van der Waals surface area contributed by atoms with E-state index in [9.17, 15) is 21.6 Å². The SMILES string of the molecule is CCN(CC)S(=O)(=O)c1cc(NC(=O)c2ccc(C)c(S(=O)(=O)N(CC)CC)c2)ccc1C. The number of hydrogen-bond donors (Lipinski definition) is 1. The van der Waals surface area contributed by atoms with Crippen LogP contribution in [0, 0.1) is 13.8 Å². The van der Waals surface area contributed by atoms with Crippen molar-refractivity contribution in [1.82, 2.24) is 8.61 Å². The van der Waals surface area contributed by atoms with Crippen LogP contribution >= 0.6 is 0 Å². The first kappa shape index (κ1) is 27.0. The Morgan fingerprint density at radius 3 is 1.61 bits per heavy atom. The lowest BCUT2D eigenvalue weighted by Gasteiger charge is -2.21. The lowest BCUT2D eigenvalue weighted by molar-refractivity contribution is 0.102. The Hall–Kier alpha value is -2.27. The molecule has 0 radical (unpaired) electrons. The van der Waals surface area contributed by atoms with Gasteiger partial charge in [-0.05, 0) is 49.2 Å². The Balaban J connectivity index is 2.43. The molecule has 10 heteroatoms. The van der Waals surface area contributed by atoms with Crippen LogP contribution in [0.5, 0.6) is 0 Å². The second-order valence-electron chi connectivity index (χ2n) is 7.59. The standard InChI is InChI=1S/C23H33N3O5S2/c1-7-25(8-2)32(28,29)21-15-19(13-11-17(21)5)23(27)24-20-14-12-18(6)22(16-20)33(30,31)26(9-3)10-4/h11-16H,7-10H2,1-6H3,(H,24,27). The van der Waals surface area contributed by atoms with Crippen molar-refractivity contribution in [3.8, 4) is 0 Å². The van der Waals surface area contributed by atoms with Crippen molar-refractivity contribution >= 4 is 31.6 Å². The molecular formula is C23H33N3O5S2. The molecule has 0 aliphatic carbocycles. The molecule has 0 bridgehead atoms. The number of carbonyl (C=O) groups is 1. The van der Waals surface area contributed by atoms with Gasteiger partial charge in [-0.3, -0.25) is 4.79 Å². The van der Waals surface area contributed by atoms with Gasteiger partial charge in [0.2, 0.25) is 20.0 Å². The minimum atomic E-state index is -3.74. The van der Waals surface area contributed by atoms with Crippen LogP contribution in [0.4, 0.5) is 5.69 Å². The quantitative estimate of drug-likeness (QED) is 0.542. The molecule has 0 spiro atoms. The van der Waals surface area contributed by atoms with E-state index >= 15 is 0 Å². The van der Waals surface area contributed by atoms with Crippen molar-refractivity contribution in [3.63, 3.8) is 0 Å². The number of aryl methyl sites for hydroxylation is 2. The van der Waals surface area contributed by atoms with Crippen LogP contribution in [0.2, 0.25) is 0 Å². The topological polar surface area (TPSA) is 104 Å². The number of anilines is 1. The van der Waals surface area contributed by atoms with Crippen LogP contribution in [-0.2, 0) is 20.0 Å². The molecule has 0 atom stereocenters. The zero-order valence-electron chi connectivity index (χ0n) is 20.0. The summed E-state index contributed by atoms with van der Waals surface area (Å²) in [6, 6.07) is 9.20. The van der Waals surface area contributed by atoms with E-state index in [2.05, 4.69) is 5.32 Å². The summed E-state index contributed by atoms with van der Waals surface area (Å²) in [4.78, 5) is 13.1. The Morgan fingerprint density at radius 1 is 0.727 bits per heavy atom. The van der Waals surface area contributed by atoms with Gasteiger partial charge in [-0.2, -0.15) is 8.61 Å². The summed E-state index contributed by atoms with van der Waals surface area (Å²) in [5, 5.41) is 2.70. The highest BCUT2D eigenvalue weighted by Gasteiger charge is 2.26. The van der Waals surface area contributed by atoms with Gasteiger partial charge in [0.05, 0.1) is 9.79 Å². The fourth-order valence-electron chi connectivity index (χ4n) is 3.58. The molecule has 182 valence electrons. The van der Waals surface area contributed by atoms with E-state index in [1.54, 1.807) is 65.8 Å². The molecule has 0 unspecified atom stereocenters. The highest BCUT2D eigenvalue weighted by Crippen LogP contribution is 2.25. The number of carbonyl (C=O) groups excluding carboxylic acids is 1. The molecule has 2 aromatic rings. The number of nitrogens with one attached hydrogen (secondary N) is 1. The second-order valence-corrected chi connectivity index (χ2v) is 11.4. The molecule has 1 amide bonds. The first-order valence-corrected chi connectivity index (χ1v) is 13.8. The van der Waals surface area contributed by atoms with Crippen LogP contribution < -0.4 is 5.32 Å². The summed E-state index contributed by atoms with van der Waals surface area (Å²) in [6.45, 7) is 11.7. The van der Waals surface area contributed by atoms with E-state index < -0.39 is 26.0 Å². The van der Waals surface area contributed by atoms with E-state index in [1.807, 2.05) is 0 Å². The third-order valence-corrected chi connectivity index (χ3v) is 9.93. The molecule has 0 aliphatic heterocycles. The summed E-state index contributed by atoms with van der Waals surface area (Å²) in [6.07, 6.45) is 0. The zero-order chi connectivity index (χ0) is 25.0. The molecule has 33 heavy (non-hydrogen) atoms. The molecule has 0 aliphatic rings. The normalized spacial score (nSPS) is 12.4. The Morgan fingerprint density at radius 2 is 1.15 bits per heavy atom. The summed E-state index contributed by atoms with van der Waals surface area (Å²) >= 11 is 0. The number of hydrogen-bond acceptors (Lipinski definition) is 5. The van der Waals surface area contributed by atoms with Gasteiger partial charge >= 0.3 is 0 Å². The van der Waals surface area contributed by atoms with E-state index in [4.69, 9.17) is 0 Å². The highest BCUT2D eigenvalue weighted by molar-refractivity contribution is 7.89. The number of sulfonamides is 2. The largest absolute Gasteiger partial charge is 0.322 e. The van der Waals surface area contributed by atoms with Crippen molar-refractivity contribution in [2.24, 2.45) is 0 Å². The molecule has 2 rings (SSSR count). The highest BCUT2D eigenvalue weighted by atomic mass is 32.2. The predicted molar refractivity (Wildman–Crippen MR) is 131 cm³/mol. The first-order valence-electron chi connectivity index (χ1n) is 11.0. The smallest absolute Gasteiger partial charge is 0.255 e.